The fourth-order valence-corrected chi connectivity index (χ4v) is 3.27. The summed E-state index contributed by atoms with van der Waals surface area (Å²) >= 11 is 0. The van der Waals surface area contributed by atoms with Crippen molar-refractivity contribution >= 4 is 11.9 Å². The van der Waals surface area contributed by atoms with Gasteiger partial charge in [0, 0.05) is 18.6 Å². The summed E-state index contributed by atoms with van der Waals surface area (Å²) in [6, 6.07) is 3.64. The molecule has 0 aromatic heterocycles. The van der Waals surface area contributed by atoms with Crippen LogP contribution in [-0.4, -0.2) is 47.1 Å². The summed E-state index contributed by atoms with van der Waals surface area (Å²) < 4.78 is 26.1. The molecule has 2 saturated carbocycles. The minimum absolute atomic E-state index is 0.000713. The molecule has 25 heavy (non-hydrogen) atoms. The zero-order chi connectivity index (χ0) is 18.0. The van der Waals surface area contributed by atoms with Crippen molar-refractivity contribution < 1.29 is 23.5 Å². The molecule has 7 heteroatoms. The van der Waals surface area contributed by atoms with Gasteiger partial charge in [-0.25, -0.2) is 8.78 Å². The van der Waals surface area contributed by atoms with E-state index in [4.69, 9.17) is 5.11 Å². The Hall–Kier alpha value is -2.02. The highest BCUT2D eigenvalue weighted by Crippen LogP contribution is 2.33. The maximum Gasteiger partial charge on any atom is 0.317 e. The number of rotatable bonds is 8. The Morgan fingerprint density at radius 1 is 1.20 bits per heavy atom. The van der Waals surface area contributed by atoms with Gasteiger partial charge >= 0.3 is 5.97 Å². The lowest BCUT2D eigenvalue weighted by Gasteiger charge is -2.42. The summed E-state index contributed by atoms with van der Waals surface area (Å²) in [5.74, 6) is -2.34. The molecule has 136 valence electrons. The molecule has 1 aromatic carbocycles. The van der Waals surface area contributed by atoms with Gasteiger partial charge in [-0.1, -0.05) is 6.07 Å². The fourth-order valence-electron chi connectivity index (χ4n) is 3.27. The van der Waals surface area contributed by atoms with E-state index in [2.05, 4.69) is 5.32 Å². The largest absolute Gasteiger partial charge is 0.480 e. The standard InChI is InChI=1S/C18H22F2N2O3/c19-15-4-3-12(5-16(15)20)6-17(23)21-13-7-14(8-13)22(10-18(24)25)9-11-1-2-11/h3-5,11,13-14H,1-2,6-10H2,(H,21,23)(H,24,25). The summed E-state index contributed by atoms with van der Waals surface area (Å²) in [5.41, 5.74) is 0.425. The second-order valence-corrected chi connectivity index (χ2v) is 7.08. The van der Waals surface area contributed by atoms with Crippen LogP contribution in [0.1, 0.15) is 31.2 Å². The molecule has 0 radical (unpaired) electrons. The number of carboxylic acid groups (broad SMARTS) is 1. The number of carbonyl (C=O) groups excluding carboxylic acids is 1. The van der Waals surface area contributed by atoms with E-state index in [1.54, 1.807) is 0 Å². The Morgan fingerprint density at radius 2 is 1.92 bits per heavy atom. The van der Waals surface area contributed by atoms with E-state index in [-0.39, 0.29) is 31.0 Å². The van der Waals surface area contributed by atoms with Crippen molar-refractivity contribution in [2.75, 3.05) is 13.1 Å². The SMILES string of the molecule is O=C(O)CN(CC1CC1)C1CC(NC(=O)Cc2ccc(F)c(F)c2)C1. The molecule has 0 atom stereocenters. The van der Waals surface area contributed by atoms with Gasteiger partial charge in [-0.05, 0) is 49.3 Å². The quantitative estimate of drug-likeness (QED) is 0.750. The molecule has 0 spiro atoms. The van der Waals surface area contributed by atoms with Crippen molar-refractivity contribution in [3.8, 4) is 0 Å². The van der Waals surface area contributed by atoms with E-state index in [1.165, 1.54) is 6.07 Å². The first kappa shape index (κ1) is 17.8. The van der Waals surface area contributed by atoms with Crippen molar-refractivity contribution in [2.24, 2.45) is 5.92 Å². The highest BCUT2D eigenvalue weighted by Gasteiger charge is 2.37. The van der Waals surface area contributed by atoms with Crippen LogP contribution in [0.25, 0.3) is 0 Å². The number of nitrogens with zero attached hydrogens (tertiary/aromatic N) is 1. The monoisotopic (exact) mass is 352 g/mol. The van der Waals surface area contributed by atoms with E-state index < -0.39 is 17.6 Å². The van der Waals surface area contributed by atoms with Crippen molar-refractivity contribution in [1.82, 2.24) is 10.2 Å². The molecule has 0 unspecified atom stereocenters. The Kier molecular flexibility index (Phi) is 5.32. The maximum atomic E-state index is 13.2. The molecule has 0 bridgehead atoms. The van der Waals surface area contributed by atoms with Crippen LogP contribution in [0.3, 0.4) is 0 Å². The molecule has 1 amide bonds. The lowest BCUT2D eigenvalue weighted by atomic mass is 9.85. The van der Waals surface area contributed by atoms with Crippen LogP contribution in [0, 0.1) is 17.6 Å². The maximum absolute atomic E-state index is 13.2. The second kappa shape index (κ2) is 7.47. The molecule has 0 heterocycles. The van der Waals surface area contributed by atoms with Crippen molar-refractivity contribution in [2.45, 2.75) is 44.2 Å². The van der Waals surface area contributed by atoms with Gasteiger partial charge in [-0.2, -0.15) is 0 Å². The minimum Gasteiger partial charge on any atom is -0.480 e. The first-order chi connectivity index (χ1) is 11.9. The fraction of sp³-hybridized carbons (Fsp3) is 0.556. The predicted octanol–water partition coefficient (Wildman–Crippen LogP) is 1.95. The van der Waals surface area contributed by atoms with Gasteiger partial charge in [0.05, 0.1) is 13.0 Å². The number of hydrogen-bond acceptors (Lipinski definition) is 3. The summed E-state index contributed by atoms with van der Waals surface area (Å²) in [6.45, 7) is 0.850. The molecule has 0 aliphatic heterocycles. The van der Waals surface area contributed by atoms with E-state index in [9.17, 15) is 18.4 Å². The normalized spacial score (nSPS) is 22.5. The van der Waals surface area contributed by atoms with Gasteiger partial charge < -0.3 is 10.4 Å². The highest BCUT2D eigenvalue weighted by atomic mass is 19.2. The van der Waals surface area contributed by atoms with Gasteiger partial charge in [0.15, 0.2) is 11.6 Å². The van der Waals surface area contributed by atoms with E-state index >= 15 is 0 Å². The highest BCUT2D eigenvalue weighted by molar-refractivity contribution is 5.79. The minimum atomic E-state index is -0.960. The molecule has 5 nitrogen and oxygen atoms in total. The third-order valence-electron chi connectivity index (χ3n) is 4.87. The number of nitrogens with one attached hydrogen (secondary N) is 1. The van der Waals surface area contributed by atoms with Gasteiger partial charge in [0.1, 0.15) is 0 Å². The number of amides is 1. The Bertz CT molecular complexity index is 658. The van der Waals surface area contributed by atoms with Crippen LogP contribution in [0.15, 0.2) is 18.2 Å². The number of carbonyl (C=O) groups is 2. The number of aliphatic carboxylic acids is 1. The van der Waals surface area contributed by atoms with Crippen molar-refractivity contribution in [3.05, 3.63) is 35.4 Å². The van der Waals surface area contributed by atoms with Crippen LogP contribution in [-0.2, 0) is 16.0 Å². The Morgan fingerprint density at radius 3 is 2.52 bits per heavy atom. The smallest absolute Gasteiger partial charge is 0.317 e. The molecular formula is C18H22F2N2O3. The van der Waals surface area contributed by atoms with Crippen LogP contribution < -0.4 is 5.32 Å². The van der Waals surface area contributed by atoms with Gasteiger partial charge in [0.2, 0.25) is 5.91 Å². The Labute approximate surface area is 145 Å². The third kappa shape index (κ3) is 4.98. The summed E-state index contributed by atoms with van der Waals surface area (Å²) in [7, 11) is 0. The predicted molar refractivity (Wildman–Crippen MR) is 86.9 cm³/mol. The topological polar surface area (TPSA) is 69.6 Å². The summed E-state index contributed by atoms with van der Waals surface area (Å²) in [4.78, 5) is 25.0. The number of benzene rings is 1. The van der Waals surface area contributed by atoms with Crippen molar-refractivity contribution in [3.63, 3.8) is 0 Å². The van der Waals surface area contributed by atoms with Crippen LogP contribution in [0.4, 0.5) is 8.78 Å². The van der Waals surface area contributed by atoms with Crippen LogP contribution in [0.5, 0.6) is 0 Å². The summed E-state index contributed by atoms with van der Waals surface area (Å²) in [6.07, 6.45) is 3.78. The molecular weight excluding hydrogens is 330 g/mol. The van der Waals surface area contributed by atoms with Crippen LogP contribution >= 0.6 is 0 Å². The first-order valence-electron chi connectivity index (χ1n) is 8.60. The lowest BCUT2D eigenvalue weighted by molar-refractivity contribution is -0.140. The zero-order valence-electron chi connectivity index (χ0n) is 13.9. The van der Waals surface area contributed by atoms with Gasteiger partial charge in [0.25, 0.3) is 0 Å². The first-order valence-corrected chi connectivity index (χ1v) is 8.60. The van der Waals surface area contributed by atoms with Crippen LogP contribution in [0.2, 0.25) is 0 Å². The molecule has 0 saturated heterocycles. The molecule has 1 aromatic rings. The third-order valence-corrected chi connectivity index (χ3v) is 4.87. The average molecular weight is 352 g/mol. The molecule has 2 N–H and O–H groups in total. The van der Waals surface area contributed by atoms with E-state index in [0.29, 0.717) is 11.5 Å². The molecule has 3 rings (SSSR count). The van der Waals surface area contributed by atoms with E-state index in [1.807, 2.05) is 4.90 Å². The van der Waals surface area contributed by atoms with Crippen molar-refractivity contribution in [1.29, 1.82) is 0 Å². The summed E-state index contributed by atoms with van der Waals surface area (Å²) in [5, 5.41) is 11.9. The number of halogens is 2. The Balaban J connectivity index is 1.44. The molecule has 2 aliphatic rings. The molecule has 2 fully saturated rings. The van der Waals surface area contributed by atoms with Gasteiger partial charge in [-0.15, -0.1) is 0 Å². The zero-order valence-corrected chi connectivity index (χ0v) is 13.9. The number of hydrogen-bond donors (Lipinski definition) is 2. The average Bonchev–Trinajstić information content (AvgIpc) is 3.29. The lowest BCUT2D eigenvalue weighted by Crippen LogP contribution is -2.55. The van der Waals surface area contributed by atoms with E-state index in [0.717, 1.165) is 44.4 Å². The number of carboxylic acids is 1. The molecule has 2 aliphatic carbocycles. The van der Waals surface area contributed by atoms with Gasteiger partial charge in [-0.3, -0.25) is 14.5 Å². The second-order valence-electron chi connectivity index (χ2n) is 7.08.